The Morgan fingerprint density at radius 1 is 1.00 bits per heavy atom. The van der Waals surface area contributed by atoms with Crippen molar-refractivity contribution in [1.82, 2.24) is 0 Å². The maximum absolute atomic E-state index is 9.86. The molecule has 2 rings (SSSR count). The molecule has 0 bridgehead atoms. The summed E-state index contributed by atoms with van der Waals surface area (Å²) in [5.41, 5.74) is 1.54. The van der Waals surface area contributed by atoms with Gasteiger partial charge in [-0.1, -0.05) is 30.3 Å². The Morgan fingerprint density at radius 2 is 1.68 bits per heavy atom. The molecule has 0 saturated heterocycles. The molecule has 3 heteroatoms. The standard InChI is InChI=1S/C16H16O3/c1-18-15-10-6-3-7-12(15)11-16(19-2)13-8-4-5-9-14(13)17/h3-11,17H,1-2H3. The van der Waals surface area contributed by atoms with Crippen LogP contribution in [0.25, 0.3) is 11.8 Å². The zero-order chi connectivity index (χ0) is 13.7. The van der Waals surface area contributed by atoms with E-state index < -0.39 is 0 Å². The topological polar surface area (TPSA) is 38.7 Å². The van der Waals surface area contributed by atoms with Gasteiger partial charge in [-0.15, -0.1) is 0 Å². The lowest BCUT2D eigenvalue weighted by atomic mass is 10.1. The summed E-state index contributed by atoms with van der Waals surface area (Å²) in [6.07, 6.45) is 1.84. The van der Waals surface area contributed by atoms with E-state index >= 15 is 0 Å². The molecule has 0 aliphatic carbocycles. The van der Waals surface area contributed by atoms with Gasteiger partial charge >= 0.3 is 0 Å². The highest BCUT2D eigenvalue weighted by Crippen LogP contribution is 2.29. The van der Waals surface area contributed by atoms with Gasteiger partial charge in [0.1, 0.15) is 17.3 Å². The van der Waals surface area contributed by atoms with E-state index in [1.54, 1.807) is 32.4 Å². The third kappa shape index (κ3) is 2.88. The highest BCUT2D eigenvalue weighted by Gasteiger charge is 2.08. The molecule has 0 amide bonds. The van der Waals surface area contributed by atoms with Crippen LogP contribution in [0, 0.1) is 0 Å². The number of para-hydroxylation sites is 2. The first-order valence-electron chi connectivity index (χ1n) is 5.93. The lowest BCUT2D eigenvalue weighted by Crippen LogP contribution is -1.91. The monoisotopic (exact) mass is 256 g/mol. The molecule has 98 valence electrons. The molecule has 0 saturated carbocycles. The number of phenolic OH excluding ortho intramolecular Hbond substituents is 1. The zero-order valence-electron chi connectivity index (χ0n) is 11.0. The van der Waals surface area contributed by atoms with E-state index in [0.717, 1.165) is 11.3 Å². The molecule has 0 unspecified atom stereocenters. The minimum Gasteiger partial charge on any atom is -0.507 e. The van der Waals surface area contributed by atoms with E-state index in [1.807, 2.05) is 36.4 Å². The van der Waals surface area contributed by atoms with Crippen LogP contribution < -0.4 is 4.74 Å². The van der Waals surface area contributed by atoms with Crippen LogP contribution in [-0.2, 0) is 4.74 Å². The number of methoxy groups -OCH3 is 2. The second-order valence-corrected chi connectivity index (χ2v) is 3.97. The molecule has 3 nitrogen and oxygen atoms in total. The third-order valence-corrected chi connectivity index (χ3v) is 2.81. The summed E-state index contributed by atoms with van der Waals surface area (Å²) in [5, 5.41) is 9.86. The summed E-state index contributed by atoms with van der Waals surface area (Å²) in [4.78, 5) is 0. The van der Waals surface area contributed by atoms with Crippen LogP contribution in [0.1, 0.15) is 11.1 Å². The maximum Gasteiger partial charge on any atom is 0.130 e. The lowest BCUT2D eigenvalue weighted by molar-refractivity contribution is 0.368. The fourth-order valence-corrected chi connectivity index (χ4v) is 1.86. The maximum atomic E-state index is 9.86. The van der Waals surface area contributed by atoms with Crippen LogP contribution in [-0.4, -0.2) is 19.3 Å². The average molecular weight is 256 g/mol. The van der Waals surface area contributed by atoms with Gasteiger partial charge in [-0.25, -0.2) is 0 Å². The Kier molecular flexibility index (Phi) is 4.08. The lowest BCUT2D eigenvalue weighted by Gasteiger charge is -2.10. The number of hydrogen-bond acceptors (Lipinski definition) is 3. The van der Waals surface area contributed by atoms with Gasteiger partial charge in [0.05, 0.1) is 19.8 Å². The van der Waals surface area contributed by atoms with Crippen molar-refractivity contribution in [3.05, 3.63) is 59.7 Å². The number of benzene rings is 2. The number of rotatable bonds is 4. The van der Waals surface area contributed by atoms with Gasteiger partial charge in [0.2, 0.25) is 0 Å². The van der Waals surface area contributed by atoms with E-state index in [0.29, 0.717) is 11.3 Å². The molecule has 19 heavy (non-hydrogen) atoms. The Labute approximate surface area is 112 Å². The summed E-state index contributed by atoms with van der Waals surface area (Å²) in [6.45, 7) is 0. The average Bonchev–Trinajstić information content (AvgIpc) is 2.46. The van der Waals surface area contributed by atoms with Crippen LogP contribution in [0.2, 0.25) is 0 Å². The van der Waals surface area contributed by atoms with E-state index in [1.165, 1.54) is 0 Å². The Balaban J connectivity index is 2.47. The fourth-order valence-electron chi connectivity index (χ4n) is 1.86. The Hall–Kier alpha value is -2.42. The van der Waals surface area contributed by atoms with Crippen LogP contribution in [0.5, 0.6) is 11.5 Å². The van der Waals surface area contributed by atoms with E-state index in [-0.39, 0.29) is 5.75 Å². The minimum absolute atomic E-state index is 0.186. The number of ether oxygens (including phenoxy) is 2. The van der Waals surface area contributed by atoms with E-state index in [2.05, 4.69) is 0 Å². The molecule has 0 heterocycles. The smallest absolute Gasteiger partial charge is 0.130 e. The van der Waals surface area contributed by atoms with Crippen LogP contribution in [0.3, 0.4) is 0 Å². The Bertz CT molecular complexity index is 588. The summed E-state index contributed by atoms with van der Waals surface area (Å²) < 4.78 is 10.7. The molecule has 0 aliphatic rings. The van der Waals surface area contributed by atoms with Crippen molar-refractivity contribution < 1.29 is 14.6 Å². The molecule has 0 spiro atoms. The van der Waals surface area contributed by atoms with Crippen LogP contribution >= 0.6 is 0 Å². The molecule has 2 aromatic carbocycles. The van der Waals surface area contributed by atoms with Gasteiger partial charge < -0.3 is 14.6 Å². The molecule has 2 aromatic rings. The highest BCUT2D eigenvalue weighted by molar-refractivity contribution is 5.81. The fraction of sp³-hybridized carbons (Fsp3) is 0.125. The third-order valence-electron chi connectivity index (χ3n) is 2.81. The molecule has 0 atom stereocenters. The molecule has 1 N–H and O–H groups in total. The number of aromatic hydroxyl groups is 1. The van der Waals surface area contributed by atoms with Crippen molar-refractivity contribution in [2.24, 2.45) is 0 Å². The predicted octanol–water partition coefficient (Wildman–Crippen LogP) is 3.55. The summed E-state index contributed by atoms with van der Waals surface area (Å²) >= 11 is 0. The van der Waals surface area contributed by atoms with Gasteiger partial charge in [0, 0.05) is 5.56 Å². The zero-order valence-corrected chi connectivity index (χ0v) is 11.0. The van der Waals surface area contributed by atoms with Crippen molar-refractivity contribution in [3.63, 3.8) is 0 Å². The van der Waals surface area contributed by atoms with Crippen molar-refractivity contribution in [2.45, 2.75) is 0 Å². The van der Waals surface area contributed by atoms with Crippen LogP contribution in [0.4, 0.5) is 0 Å². The summed E-state index contributed by atoms with van der Waals surface area (Å²) in [5.74, 6) is 1.53. The van der Waals surface area contributed by atoms with E-state index in [9.17, 15) is 5.11 Å². The number of phenols is 1. The largest absolute Gasteiger partial charge is 0.507 e. The Morgan fingerprint density at radius 3 is 2.37 bits per heavy atom. The molecule has 0 aliphatic heterocycles. The SMILES string of the molecule is COC(=Cc1ccccc1OC)c1ccccc1O. The summed E-state index contributed by atoms with van der Waals surface area (Å²) in [7, 11) is 3.20. The first-order valence-corrected chi connectivity index (χ1v) is 5.93. The van der Waals surface area contributed by atoms with Crippen molar-refractivity contribution in [1.29, 1.82) is 0 Å². The van der Waals surface area contributed by atoms with Crippen molar-refractivity contribution in [2.75, 3.05) is 14.2 Å². The summed E-state index contributed by atoms with van der Waals surface area (Å²) in [6, 6.07) is 14.7. The van der Waals surface area contributed by atoms with Gasteiger partial charge in [-0.05, 0) is 24.3 Å². The van der Waals surface area contributed by atoms with Crippen LogP contribution in [0.15, 0.2) is 48.5 Å². The van der Waals surface area contributed by atoms with Crippen molar-refractivity contribution >= 4 is 11.8 Å². The van der Waals surface area contributed by atoms with Gasteiger partial charge in [-0.2, -0.15) is 0 Å². The molecule has 0 radical (unpaired) electrons. The second kappa shape index (κ2) is 5.96. The first-order chi connectivity index (χ1) is 9.26. The van der Waals surface area contributed by atoms with Gasteiger partial charge in [0.25, 0.3) is 0 Å². The predicted molar refractivity (Wildman–Crippen MR) is 76.0 cm³/mol. The highest BCUT2D eigenvalue weighted by atomic mass is 16.5. The molecular weight excluding hydrogens is 240 g/mol. The van der Waals surface area contributed by atoms with Crippen molar-refractivity contribution in [3.8, 4) is 11.5 Å². The molecular formula is C16H16O3. The van der Waals surface area contributed by atoms with Gasteiger partial charge in [0.15, 0.2) is 0 Å². The molecule has 0 aromatic heterocycles. The quantitative estimate of drug-likeness (QED) is 0.671. The van der Waals surface area contributed by atoms with Gasteiger partial charge in [-0.3, -0.25) is 0 Å². The first kappa shape index (κ1) is 13.0. The normalized spacial score (nSPS) is 11.2. The number of hydrogen-bond donors (Lipinski definition) is 1. The molecule has 0 fully saturated rings. The van der Waals surface area contributed by atoms with E-state index in [4.69, 9.17) is 9.47 Å². The second-order valence-electron chi connectivity index (χ2n) is 3.97. The minimum atomic E-state index is 0.186.